The standard InChI is InChI=1S/C18H27NO/c1-14-9-10-15(2)16(13-14)17(20)18(19(3)4)11-7-5-6-8-12-18/h9-10,13H,5-8,11-12H2,1-4H3. The minimum atomic E-state index is -0.297. The quantitative estimate of drug-likeness (QED) is 0.609. The van der Waals surface area contributed by atoms with Crippen LogP contribution in [0, 0.1) is 13.8 Å². The summed E-state index contributed by atoms with van der Waals surface area (Å²) in [4.78, 5) is 15.4. The highest BCUT2D eigenvalue weighted by Crippen LogP contribution is 2.35. The van der Waals surface area contributed by atoms with Gasteiger partial charge in [-0.05, 0) is 52.4 Å². The molecule has 1 saturated carbocycles. The highest BCUT2D eigenvalue weighted by molar-refractivity contribution is 6.04. The highest BCUT2D eigenvalue weighted by Gasteiger charge is 2.41. The molecule has 1 aliphatic rings. The smallest absolute Gasteiger partial charge is 0.183 e. The Morgan fingerprint density at radius 2 is 1.65 bits per heavy atom. The van der Waals surface area contributed by atoms with E-state index in [4.69, 9.17) is 0 Å². The van der Waals surface area contributed by atoms with Gasteiger partial charge in [-0.15, -0.1) is 0 Å². The maximum atomic E-state index is 13.2. The monoisotopic (exact) mass is 273 g/mol. The summed E-state index contributed by atoms with van der Waals surface area (Å²) in [6.45, 7) is 4.11. The molecule has 0 saturated heterocycles. The van der Waals surface area contributed by atoms with Crippen LogP contribution in [0.1, 0.15) is 60.0 Å². The first-order valence-electron chi connectivity index (χ1n) is 7.77. The Bertz CT molecular complexity index is 482. The molecule has 0 bridgehead atoms. The average molecular weight is 273 g/mol. The number of ketones is 1. The lowest BCUT2D eigenvalue weighted by molar-refractivity contribution is 0.0634. The first-order chi connectivity index (χ1) is 9.47. The molecule has 1 fully saturated rings. The molecule has 0 heterocycles. The largest absolute Gasteiger partial charge is 0.297 e. The number of rotatable bonds is 3. The van der Waals surface area contributed by atoms with E-state index in [1.165, 1.54) is 18.4 Å². The van der Waals surface area contributed by atoms with E-state index in [1.807, 2.05) is 6.92 Å². The number of carbonyl (C=O) groups is 1. The van der Waals surface area contributed by atoms with Crippen molar-refractivity contribution in [2.45, 2.75) is 57.9 Å². The van der Waals surface area contributed by atoms with Crippen molar-refractivity contribution in [3.63, 3.8) is 0 Å². The van der Waals surface area contributed by atoms with E-state index in [2.05, 4.69) is 44.1 Å². The molecule has 2 heteroatoms. The molecular weight excluding hydrogens is 246 g/mol. The second-order valence-corrected chi connectivity index (χ2v) is 6.49. The van der Waals surface area contributed by atoms with E-state index < -0.39 is 0 Å². The summed E-state index contributed by atoms with van der Waals surface area (Å²) in [5.74, 6) is 0.325. The molecule has 1 aliphatic carbocycles. The zero-order valence-corrected chi connectivity index (χ0v) is 13.3. The molecule has 2 rings (SSSR count). The number of benzene rings is 1. The van der Waals surface area contributed by atoms with Crippen LogP contribution < -0.4 is 0 Å². The topological polar surface area (TPSA) is 20.3 Å². The zero-order chi connectivity index (χ0) is 14.8. The Morgan fingerprint density at radius 3 is 2.20 bits per heavy atom. The Balaban J connectivity index is 2.43. The van der Waals surface area contributed by atoms with Gasteiger partial charge in [0.1, 0.15) is 0 Å². The van der Waals surface area contributed by atoms with Gasteiger partial charge in [-0.2, -0.15) is 0 Å². The summed E-state index contributed by atoms with van der Waals surface area (Å²) in [5.41, 5.74) is 2.89. The van der Waals surface area contributed by atoms with Gasteiger partial charge in [0.25, 0.3) is 0 Å². The van der Waals surface area contributed by atoms with Crippen LogP contribution in [0.2, 0.25) is 0 Å². The van der Waals surface area contributed by atoms with E-state index >= 15 is 0 Å². The van der Waals surface area contributed by atoms with Crippen molar-refractivity contribution in [2.24, 2.45) is 0 Å². The molecule has 0 spiro atoms. The molecule has 0 amide bonds. The van der Waals surface area contributed by atoms with Gasteiger partial charge >= 0.3 is 0 Å². The molecule has 0 unspecified atom stereocenters. The van der Waals surface area contributed by atoms with Crippen LogP contribution in [-0.2, 0) is 0 Å². The number of hydrogen-bond donors (Lipinski definition) is 0. The molecule has 2 nitrogen and oxygen atoms in total. The van der Waals surface area contributed by atoms with Gasteiger partial charge in [-0.25, -0.2) is 0 Å². The summed E-state index contributed by atoms with van der Waals surface area (Å²) in [6.07, 6.45) is 6.83. The number of aryl methyl sites for hydroxylation is 2. The molecule has 0 aliphatic heterocycles. The van der Waals surface area contributed by atoms with Gasteiger partial charge < -0.3 is 0 Å². The molecule has 0 N–H and O–H groups in total. The third-order valence-corrected chi connectivity index (χ3v) is 4.85. The van der Waals surface area contributed by atoms with E-state index in [1.54, 1.807) is 0 Å². The van der Waals surface area contributed by atoms with Crippen molar-refractivity contribution in [1.82, 2.24) is 4.90 Å². The first-order valence-corrected chi connectivity index (χ1v) is 7.77. The summed E-state index contributed by atoms with van der Waals surface area (Å²) in [7, 11) is 4.13. The number of nitrogens with zero attached hydrogens (tertiary/aromatic N) is 1. The third-order valence-electron chi connectivity index (χ3n) is 4.85. The van der Waals surface area contributed by atoms with Crippen molar-refractivity contribution in [2.75, 3.05) is 14.1 Å². The van der Waals surface area contributed by atoms with Gasteiger partial charge in [0.15, 0.2) is 5.78 Å². The van der Waals surface area contributed by atoms with Crippen LogP contribution in [0.15, 0.2) is 18.2 Å². The molecule has 1 aromatic rings. The predicted octanol–water partition coefficient (Wildman–Crippen LogP) is 4.14. The van der Waals surface area contributed by atoms with E-state index in [0.29, 0.717) is 5.78 Å². The fraction of sp³-hybridized carbons (Fsp3) is 0.611. The van der Waals surface area contributed by atoms with Gasteiger partial charge in [0.05, 0.1) is 5.54 Å². The van der Waals surface area contributed by atoms with Gasteiger partial charge in [-0.3, -0.25) is 9.69 Å². The number of carbonyl (C=O) groups excluding carboxylic acids is 1. The summed E-state index contributed by atoms with van der Waals surface area (Å²) < 4.78 is 0. The average Bonchev–Trinajstić information content (AvgIpc) is 2.67. The SMILES string of the molecule is Cc1ccc(C)c(C(=O)C2(N(C)C)CCCCCC2)c1. The molecule has 110 valence electrons. The van der Waals surface area contributed by atoms with Crippen LogP contribution in [0.5, 0.6) is 0 Å². The molecule has 0 aromatic heterocycles. The van der Waals surface area contributed by atoms with Crippen molar-refractivity contribution in [3.05, 3.63) is 34.9 Å². The molecular formula is C18H27NO. The number of likely N-dealkylation sites (N-methyl/N-ethyl adjacent to an activating group) is 1. The molecule has 20 heavy (non-hydrogen) atoms. The first kappa shape index (κ1) is 15.2. The second-order valence-electron chi connectivity index (χ2n) is 6.49. The van der Waals surface area contributed by atoms with Crippen LogP contribution >= 0.6 is 0 Å². The Morgan fingerprint density at radius 1 is 1.05 bits per heavy atom. The fourth-order valence-electron chi connectivity index (χ4n) is 3.42. The van der Waals surface area contributed by atoms with Crippen molar-refractivity contribution < 1.29 is 4.79 Å². The second kappa shape index (κ2) is 6.09. The number of hydrogen-bond acceptors (Lipinski definition) is 2. The molecule has 0 radical (unpaired) electrons. The lowest BCUT2D eigenvalue weighted by Gasteiger charge is -2.38. The Labute approximate surface area is 123 Å². The Kier molecular flexibility index (Phi) is 4.64. The zero-order valence-electron chi connectivity index (χ0n) is 13.3. The van der Waals surface area contributed by atoms with Gasteiger partial charge in [0, 0.05) is 5.56 Å². The van der Waals surface area contributed by atoms with Crippen LogP contribution in [0.4, 0.5) is 0 Å². The maximum absolute atomic E-state index is 13.2. The van der Waals surface area contributed by atoms with Crippen molar-refractivity contribution in [1.29, 1.82) is 0 Å². The van der Waals surface area contributed by atoms with Gasteiger partial charge in [0.2, 0.25) is 0 Å². The van der Waals surface area contributed by atoms with E-state index in [0.717, 1.165) is 36.8 Å². The summed E-state index contributed by atoms with van der Waals surface area (Å²) in [5, 5.41) is 0. The van der Waals surface area contributed by atoms with Gasteiger partial charge in [-0.1, -0.05) is 43.4 Å². The number of Topliss-reactive ketones (excluding diaryl/α,β-unsaturated/α-hetero) is 1. The van der Waals surface area contributed by atoms with Crippen molar-refractivity contribution in [3.8, 4) is 0 Å². The van der Waals surface area contributed by atoms with E-state index in [9.17, 15) is 4.79 Å². The Hall–Kier alpha value is -1.15. The maximum Gasteiger partial charge on any atom is 0.183 e. The van der Waals surface area contributed by atoms with Crippen LogP contribution in [0.3, 0.4) is 0 Å². The van der Waals surface area contributed by atoms with Crippen LogP contribution in [0.25, 0.3) is 0 Å². The summed E-state index contributed by atoms with van der Waals surface area (Å²) >= 11 is 0. The van der Waals surface area contributed by atoms with Crippen LogP contribution in [-0.4, -0.2) is 30.3 Å². The normalized spacial score (nSPS) is 18.9. The minimum absolute atomic E-state index is 0.297. The van der Waals surface area contributed by atoms with E-state index in [-0.39, 0.29) is 5.54 Å². The lowest BCUT2D eigenvalue weighted by Crippen LogP contribution is -2.51. The third kappa shape index (κ3) is 2.80. The minimum Gasteiger partial charge on any atom is -0.297 e. The molecule has 1 aromatic carbocycles. The highest BCUT2D eigenvalue weighted by atomic mass is 16.1. The predicted molar refractivity (Wildman–Crippen MR) is 84.4 cm³/mol. The van der Waals surface area contributed by atoms with Crippen molar-refractivity contribution >= 4 is 5.78 Å². The lowest BCUT2D eigenvalue weighted by atomic mass is 9.80. The summed E-state index contributed by atoms with van der Waals surface area (Å²) in [6, 6.07) is 6.22. The fourth-order valence-corrected chi connectivity index (χ4v) is 3.42. The molecule has 0 atom stereocenters.